The van der Waals surface area contributed by atoms with Crippen LogP contribution in [0, 0.1) is 0 Å². The van der Waals surface area contributed by atoms with Crippen molar-refractivity contribution in [3.05, 3.63) is 47.5 Å². The normalized spacial score (nSPS) is 11.9. The number of aromatic hydroxyl groups is 3. The van der Waals surface area contributed by atoms with E-state index in [2.05, 4.69) is 0 Å². The maximum atomic E-state index is 11.4. The maximum absolute atomic E-state index is 11.4. The molecular weight excluding hydrogens is 272 g/mol. The van der Waals surface area contributed by atoms with E-state index in [-0.39, 0.29) is 23.0 Å². The van der Waals surface area contributed by atoms with Crippen LogP contribution in [-0.4, -0.2) is 28.2 Å². The van der Waals surface area contributed by atoms with Crippen LogP contribution in [0.3, 0.4) is 0 Å². The second-order valence-corrected chi connectivity index (χ2v) is 4.52. The molecule has 0 radical (unpaired) electrons. The van der Waals surface area contributed by atoms with Gasteiger partial charge in [0, 0.05) is 11.6 Å². The fourth-order valence-electron chi connectivity index (χ4n) is 2.12. The third-order valence-electron chi connectivity index (χ3n) is 3.13. The topological polar surface area (TPSA) is 87.0 Å². The minimum absolute atomic E-state index is 0.0137. The van der Waals surface area contributed by atoms with Gasteiger partial charge in [0.25, 0.3) is 0 Å². The molecule has 0 spiro atoms. The fraction of sp³-hybridized carbons (Fsp3) is 0.188. The fourth-order valence-corrected chi connectivity index (χ4v) is 2.12. The molecule has 0 saturated heterocycles. The Morgan fingerprint density at radius 3 is 2.48 bits per heavy atom. The number of rotatable bonds is 5. The van der Waals surface area contributed by atoms with Crippen LogP contribution in [0.5, 0.6) is 23.0 Å². The Morgan fingerprint density at radius 1 is 1.10 bits per heavy atom. The number of ether oxygens (including phenoxy) is 1. The smallest absolute Gasteiger partial charge is 0.161 e. The quantitative estimate of drug-likeness (QED) is 0.736. The molecule has 3 N–H and O–H groups in total. The first-order valence-electron chi connectivity index (χ1n) is 6.49. The molecule has 2 aromatic rings. The van der Waals surface area contributed by atoms with Crippen molar-refractivity contribution in [3.63, 3.8) is 0 Å². The Morgan fingerprint density at radius 2 is 1.86 bits per heavy atom. The third-order valence-corrected chi connectivity index (χ3v) is 3.13. The predicted octanol–water partition coefficient (Wildman–Crippen LogP) is 2.53. The number of hydrogen-bond donors (Lipinski definition) is 3. The molecule has 5 heteroatoms. The van der Waals surface area contributed by atoms with Crippen LogP contribution in [0.1, 0.15) is 24.0 Å². The van der Waals surface area contributed by atoms with Gasteiger partial charge in [-0.05, 0) is 30.7 Å². The number of hydrogen-bond acceptors (Lipinski definition) is 5. The lowest BCUT2D eigenvalue weighted by Crippen LogP contribution is -2.03. The molecule has 2 rings (SSSR count). The van der Waals surface area contributed by atoms with Gasteiger partial charge in [0.1, 0.15) is 17.8 Å². The van der Waals surface area contributed by atoms with Crippen molar-refractivity contribution < 1.29 is 24.9 Å². The molecule has 0 aliphatic heterocycles. The summed E-state index contributed by atoms with van der Waals surface area (Å²) in [4.78, 5) is 11.4. The molecule has 0 fully saturated rings. The number of aldehydes is 1. The number of phenolic OH excluding ortho intramolecular Hbond substituents is 3. The lowest BCUT2D eigenvalue weighted by Gasteiger charge is -2.15. The highest BCUT2D eigenvalue weighted by Gasteiger charge is 2.19. The average molecular weight is 288 g/mol. The summed E-state index contributed by atoms with van der Waals surface area (Å²) < 4.78 is 5.29. The van der Waals surface area contributed by atoms with Gasteiger partial charge in [-0.2, -0.15) is 0 Å². The predicted molar refractivity (Wildman–Crippen MR) is 77.0 cm³/mol. The molecule has 2 aromatic carbocycles. The zero-order valence-electron chi connectivity index (χ0n) is 11.5. The maximum Gasteiger partial charge on any atom is 0.161 e. The molecule has 0 aliphatic rings. The number of phenols is 3. The largest absolute Gasteiger partial charge is 0.508 e. The van der Waals surface area contributed by atoms with Gasteiger partial charge >= 0.3 is 0 Å². The molecule has 0 aliphatic carbocycles. The zero-order valence-corrected chi connectivity index (χ0v) is 11.5. The highest BCUT2D eigenvalue weighted by molar-refractivity contribution is 5.71. The summed E-state index contributed by atoms with van der Waals surface area (Å²) in [7, 11) is 0. The van der Waals surface area contributed by atoms with Crippen LogP contribution in [-0.2, 0) is 4.79 Å². The Bertz CT molecular complexity index is 651. The van der Waals surface area contributed by atoms with Gasteiger partial charge in [0.15, 0.2) is 11.5 Å². The highest BCUT2D eigenvalue weighted by Crippen LogP contribution is 2.36. The van der Waals surface area contributed by atoms with Gasteiger partial charge in [-0.15, -0.1) is 0 Å². The summed E-state index contributed by atoms with van der Waals surface area (Å²) in [6.45, 7) is 2.17. The summed E-state index contributed by atoms with van der Waals surface area (Å²) >= 11 is 0. The molecule has 0 aromatic heterocycles. The molecule has 110 valence electrons. The van der Waals surface area contributed by atoms with E-state index >= 15 is 0 Å². The standard InChI is InChI=1S/C16H16O5/c1-2-21-16-7-10(3-6-14(16)19)13(9-17)12-5-4-11(18)8-15(12)20/h3-9,13,18-20H,2H2,1H3. The summed E-state index contributed by atoms with van der Waals surface area (Å²) in [6, 6.07) is 8.64. The van der Waals surface area contributed by atoms with Gasteiger partial charge in [0.05, 0.1) is 12.5 Å². The number of carbonyl (C=O) groups excluding carboxylic acids is 1. The van der Waals surface area contributed by atoms with Crippen molar-refractivity contribution in [2.45, 2.75) is 12.8 Å². The van der Waals surface area contributed by atoms with E-state index in [1.807, 2.05) is 0 Å². The van der Waals surface area contributed by atoms with E-state index in [1.165, 1.54) is 24.3 Å². The number of benzene rings is 2. The molecule has 5 nitrogen and oxygen atoms in total. The van der Waals surface area contributed by atoms with E-state index in [4.69, 9.17) is 4.74 Å². The first kappa shape index (κ1) is 14.7. The van der Waals surface area contributed by atoms with Crippen molar-refractivity contribution >= 4 is 6.29 Å². The number of carbonyl (C=O) groups is 1. The molecule has 0 heterocycles. The Kier molecular flexibility index (Phi) is 4.33. The van der Waals surface area contributed by atoms with E-state index < -0.39 is 5.92 Å². The molecule has 0 saturated carbocycles. The van der Waals surface area contributed by atoms with Crippen LogP contribution in [0.15, 0.2) is 36.4 Å². The summed E-state index contributed by atoms with van der Waals surface area (Å²) in [5.74, 6) is -0.703. The Hall–Kier alpha value is -2.69. The highest BCUT2D eigenvalue weighted by atomic mass is 16.5. The molecular formula is C16H16O5. The lowest BCUT2D eigenvalue weighted by molar-refractivity contribution is -0.108. The first-order valence-corrected chi connectivity index (χ1v) is 6.49. The zero-order chi connectivity index (χ0) is 15.4. The second-order valence-electron chi connectivity index (χ2n) is 4.52. The molecule has 21 heavy (non-hydrogen) atoms. The van der Waals surface area contributed by atoms with Crippen LogP contribution >= 0.6 is 0 Å². The second kappa shape index (κ2) is 6.17. The SMILES string of the molecule is CCOc1cc(C(C=O)c2ccc(O)cc2O)ccc1O. The molecule has 0 bridgehead atoms. The van der Waals surface area contributed by atoms with Crippen molar-refractivity contribution in [2.75, 3.05) is 6.61 Å². The third kappa shape index (κ3) is 3.08. The Balaban J connectivity index is 2.46. The summed E-state index contributed by atoms with van der Waals surface area (Å²) in [6.07, 6.45) is 0.689. The van der Waals surface area contributed by atoms with Crippen LogP contribution in [0.2, 0.25) is 0 Å². The molecule has 1 atom stereocenters. The molecule has 1 unspecified atom stereocenters. The summed E-state index contributed by atoms with van der Waals surface area (Å²) in [5.41, 5.74) is 0.947. The van der Waals surface area contributed by atoms with Gasteiger partial charge in [-0.25, -0.2) is 0 Å². The minimum atomic E-state index is -0.717. The van der Waals surface area contributed by atoms with Gasteiger partial charge in [-0.1, -0.05) is 12.1 Å². The van der Waals surface area contributed by atoms with Crippen molar-refractivity contribution in [1.29, 1.82) is 0 Å². The van der Waals surface area contributed by atoms with Crippen molar-refractivity contribution in [3.8, 4) is 23.0 Å². The van der Waals surface area contributed by atoms with E-state index in [0.29, 0.717) is 24.0 Å². The monoisotopic (exact) mass is 288 g/mol. The Labute approximate surface area is 122 Å². The van der Waals surface area contributed by atoms with Crippen LogP contribution in [0.25, 0.3) is 0 Å². The van der Waals surface area contributed by atoms with Gasteiger partial charge < -0.3 is 24.9 Å². The average Bonchev–Trinajstić information content (AvgIpc) is 2.45. The van der Waals surface area contributed by atoms with Crippen LogP contribution in [0.4, 0.5) is 0 Å². The van der Waals surface area contributed by atoms with Gasteiger partial charge in [-0.3, -0.25) is 0 Å². The first-order chi connectivity index (χ1) is 10.1. The lowest BCUT2D eigenvalue weighted by atomic mass is 9.91. The summed E-state index contributed by atoms with van der Waals surface area (Å²) in [5, 5.41) is 28.9. The van der Waals surface area contributed by atoms with E-state index in [0.717, 1.165) is 0 Å². The van der Waals surface area contributed by atoms with E-state index in [1.54, 1.807) is 19.1 Å². The van der Waals surface area contributed by atoms with E-state index in [9.17, 15) is 20.1 Å². The van der Waals surface area contributed by atoms with Crippen LogP contribution < -0.4 is 4.74 Å². The van der Waals surface area contributed by atoms with Crippen molar-refractivity contribution in [2.24, 2.45) is 0 Å². The minimum Gasteiger partial charge on any atom is -0.508 e. The van der Waals surface area contributed by atoms with Crippen molar-refractivity contribution in [1.82, 2.24) is 0 Å². The molecule has 0 amide bonds. The van der Waals surface area contributed by atoms with Gasteiger partial charge in [0.2, 0.25) is 0 Å².